The lowest BCUT2D eigenvalue weighted by Crippen LogP contribution is -2.26. The highest BCUT2D eigenvalue weighted by molar-refractivity contribution is 5.76. The van der Waals surface area contributed by atoms with Crippen molar-refractivity contribution in [3.63, 3.8) is 0 Å². The molecule has 27 heavy (non-hydrogen) atoms. The topological polar surface area (TPSA) is 56.1 Å². The van der Waals surface area contributed by atoms with Crippen molar-refractivity contribution < 1.29 is 9.53 Å². The molecule has 0 aliphatic carbocycles. The molecule has 5 heteroatoms. The second kappa shape index (κ2) is 9.03. The zero-order chi connectivity index (χ0) is 19.1. The molecule has 0 unspecified atom stereocenters. The number of benzene rings is 2. The second-order valence-electron chi connectivity index (χ2n) is 6.54. The second-order valence-corrected chi connectivity index (χ2v) is 6.54. The first-order valence-electron chi connectivity index (χ1n) is 9.15. The summed E-state index contributed by atoms with van der Waals surface area (Å²) in [6, 6.07) is 16.0. The number of amides is 1. The van der Waals surface area contributed by atoms with Gasteiger partial charge in [0.2, 0.25) is 5.91 Å². The summed E-state index contributed by atoms with van der Waals surface area (Å²) in [4.78, 5) is 12.1. The van der Waals surface area contributed by atoms with Crippen LogP contribution in [0.3, 0.4) is 0 Å². The van der Waals surface area contributed by atoms with E-state index < -0.39 is 0 Å². The molecule has 0 spiro atoms. The Morgan fingerprint density at radius 3 is 2.74 bits per heavy atom. The van der Waals surface area contributed by atoms with E-state index in [1.54, 1.807) is 7.11 Å². The summed E-state index contributed by atoms with van der Waals surface area (Å²) in [6.07, 6.45) is 5.67. The maximum atomic E-state index is 12.1. The highest BCUT2D eigenvalue weighted by atomic mass is 16.5. The van der Waals surface area contributed by atoms with Gasteiger partial charge in [-0.2, -0.15) is 5.10 Å². The van der Waals surface area contributed by atoms with Crippen LogP contribution in [0.15, 0.2) is 60.9 Å². The van der Waals surface area contributed by atoms with Gasteiger partial charge < -0.3 is 10.1 Å². The number of rotatable bonds is 8. The van der Waals surface area contributed by atoms with Gasteiger partial charge in [0.05, 0.1) is 19.0 Å². The van der Waals surface area contributed by atoms with Crippen LogP contribution in [-0.2, 0) is 17.6 Å². The fourth-order valence-electron chi connectivity index (χ4n) is 3.00. The number of ether oxygens (including phenoxy) is 1. The minimum Gasteiger partial charge on any atom is -0.496 e. The molecule has 1 heterocycles. The minimum atomic E-state index is 0.0501. The smallest absolute Gasteiger partial charge is 0.220 e. The van der Waals surface area contributed by atoms with Gasteiger partial charge in [0.15, 0.2) is 0 Å². The number of carbonyl (C=O) groups excluding carboxylic acids is 1. The van der Waals surface area contributed by atoms with E-state index in [2.05, 4.69) is 23.4 Å². The third kappa shape index (κ3) is 5.20. The first-order chi connectivity index (χ1) is 13.2. The van der Waals surface area contributed by atoms with E-state index in [1.165, 1.54) is 5.56 Å². The standard InChI is InChI=1S/C22H25N3O2/c1-17-8-10-21(27-2)19(14-17)12-13-23-22(26)11-9-18-15-24-25(16-18)20-6-4-3-5-7-20/h3-8,10,14-16H,9,11-13H2,1-2H3,(H,23,26). The van der Waals surface area contributed by atoms with E-state index in [4.69, 9.17) is 4.74 Å². The molecule has 0 aliphatic heterocycles. The predicted molar refractivity (Wildman–Crippen MR) is 106 cm³/mol. The van der Waals surface area contributed by atoms with Crippen LogP contribution in [0.4, 0.5) is 0 Å². The molecule has 0 radical (unpaired) electrons. The molecule has 2 aromatic carbocycles. The summed E-state index contributed by atoms with van der Waals surface area (Å²) in [5.41, 5.74) is 4.36. The van der Waals surface area contributed by atoms with Crippen LogP contribution in [0.25, 0.3) is 5.69 Å². The van der Waals surface area contributed by atoms with Crippen LogP contribution >= 0.6 is 0 Å². The summed E-state index contributed by atoms with van der Waals surface area (Å²) < 4.78 is 7.21. The molecule has 140 valence electrons. The van der Waals surface area contributed by atoms with Crippen LogP contribution in [0.1, 0.15) is 23.1 Å². The van der Waals surface area contributed by atoms with Gasteiger partial charge >= 0.3 is 0 Å². The molecule has 0 fully saturated rings. The Labute approximate surface area is 160 Å². The molecule has 0 bridgehead atoms. The van der Waals surface area contributed by atoms with E-state index in [-0.39, 0.29) is 5.91 Å². The van der Waals surface area contributed by atoms with E-state index >= 15 is 0 Å². The number of nitrogens with zero attached hydrogens (tertiary/aromatic N) is 2. The maximum Gasteiger partial charge on any atom is 0.220 e. The van der Waals surface area contributed by atoms with Crippen LogP contribution in [0.5, 0.6) is 5.75 Å². The number of aromatic nitrogens is 2. The number of carbonyl (C=O) groups is 1. The zero-order valence-electron chi connectivity index (χ0n) is 15.8. The molecule has 1 aromatic heterocycles. The summed E-state index contributed by atoms with van der Waals surface area (Å²) in [5.74, 6) is 0.914. The first-order valence-corrected chi connectivity index (χ1v) is 9.15. The highest BCUT2D eigenvalue weighted by Gasteiger charge is 2.07. The summed E-state index contributed by atoms with van der Waals surface area (Å²) in [6.45, 7) is 2.65. The van der Waals surface area contributed by atoms with Gasteiger partial charge in [-0.1, -0.05) is 35.9 Å². The third-order valence-corrected chi connectivity index (χ3v) is 4.45. The van der Waals surface area contributed by atoms with Gasteiger partial charge in [-0.05, 0) is 49.1 Å². The van der Waals surface area contributed by atoms with E-state index in [0.29, 0.717) is 19.4 Å². The predicted octanol–water partition coefficient (Wildman–Crippen LogP) is 3.48. The van der Waals surface area contributed by atoms with Crippen LogP contribution in [0.2, 0.25) is 0 Å². The van der Waals surface area contributed by atoms with Crippen molar-refractivity contribution in [2.75, 3.05) is 13.7 Å². The Morgan fingerprint density at radius 2 is 1.96 bits per heavy atom. The molecule has 0 saturated heterocycles. The minimum absolute atomic E-state index is 0.0501. The van der Waals surface area contributed by atoms with Crippen molar-refractivity contribution in [1.29, 1.82) is 0 Å². The average Bonchev–Trinajstić information content (AvgIpc) is 3.16. The Kier molecular flexibility index (Phi) is 6.26. The number of aryl methyl sites for hydroxylation is 2. The Balaban J connectivity index is 1.45. The van der Waals surface area contributed by atoms with E-state index in [1.807, 2.05) is 59.5 Å². The van der Waals surface area contributed by atoms with Crippen molar-refractivity contribution in [2.45, 2.75) is 26.2 Å². The van der Waals surface area contributed by atoms with Gasteiger partial charge in [0, 0.05) is 19.2 Å². The van der Waals surface area contributed by atoms with Gasteiger partial charge in [-0.3, -0.25) is 4.79 Å². The summed E-state index contributed by atoms with van der Waals surface area (Å²) >= 11 is 0. The molecule has 0 saturated carbocycles. The van der Waals surface area contributed by atoms with Gasteiger partial charge in [-0.15, -0.1) is 0 Å². The Hall–Kier alpha value is -3.08. The van der Waals surface area contributed by atoms with Gasteiger partial charge in [0.25, 0.3) is 0 Å². The molecular formula is C22H25N3O2. The maximum absolute atomic E-state index is 12.1. The lowest BCUT2D eigenvalue weighted by atomic mass is 10.1. The van der Waals surface area contributed by atoms with Crippen molar-refractivity contribution in [1.82, 2.24) is 15.1 Å². The molecule has 3 rings (SSSR count). The zero-order valence-corrected chi connectivity index (χ0v) is 15.8. The molecule has 3 aromatic rings. The lowest BCUT2D eigenvalue weighted by Gasteiger charge is -2.10. The molecule has 0 atom stereocenters. The number of methoxy groups -OCH3 is 1. The normalized spacial score (nSPS) is 10.6. The van der Waals surface area contributed by atoms with Crippen LogP contribution < -0.4 is 10.1 Å². The fourth-order valence-corrected chi connectivity index (χ4v) is 3.00. The van der Waals surface area contributed by atoms with Crippen molar-refractivity contribution in [3.8, 4) is 11.4 Å². The Bertz CT molecular complexity index is 888. The third-order valence-electron chi connectivity index (χ3n) is 4.45. The number of hydrogen-bond acceptors (Lipinski definition) is 3. The highest BCUT2D eigenvalue weighted by Crippen LogP contribution is 2.19. The number of hydrogen-bond donors (Lipinski definition) is 1. The molecule has 1 N–H and O–H groups in total. The SMILES string of the molecule is COc1ccc(C)cc1CCNC(=O)CCc1cnn(-c2ccccc2)c1. The van der Waals surface area contributed by atoms with Crippen molar-refractivity contribution in [3.05, 3.63) is 77.6 Å². The lowest BCUT2D eigenvalue weighted by molar-refractivity contribution is -0.121. The average molecular weight is 363 g/mol. The summed E-state index contributed by atoms with van der Waals surface area (Å²) in [5, 5.41) is 7.35. The largest absolute Gasteiger partial charge is 0.496 e. The first kappa shape index (κ1) is 18.7. The molecular weight excluding hydrogens is 338 g/mol. The van der Waals surface area contributed by atoms with Crippen LogP contribution in [0, 0.1) is 6.92 Å². The van der Waals surface area contributed by atoms with Gasteiger partial charge in [0.1, 0.15) is 5.75 Å². The number of para-hydroxylation sites is 1. The molecule has 0 aliphatic rings. The Morgan fingerprint density at radius 1 is 1.15 bits per heavy atom. The summed E-state index contributed by atoms with van der Waals surface area (Å²) in [7, 11) is 1.67. The van der Waals surface area contributed by atoms with E-state index in [9.17, 15) is 4.79 Å². The fraction of sp³-hybridized carbons (Fsp3) is 0.273. The quantitative estimate of drug-likeness (QED) is 0.667. The molecule has 1 amide bonds. The molecule has 5 nitrogen and oxygen atoms in total. The monoisotopic (exact) mass is 363 g/mol. The van der Waals surface area contributed by atoms with Gasteiger partial charge in [-0.25, -0.2) is 4.68 Å². The van der Waals surface area contributed by atoms with Crippen LogP contribution in [-0.4, -0.2) is 29.3 Å². The van der Waals surface area contributed by atoms with E-state index in [0.717, 1.165) is 29.0 Å². The van der Waals surface area contributed by atoms with Crippen molar-refractivity contribution >= 4 is 5.91 Å². The number of nitrogens with one attached hydrogen (secondary N) is 1. The van der Waals surface area contributed by atoms with Crippen molar-refractivity contribution in [2.24, 2.45) is 0 Å².